The second-order valence-electron chi connectivity index (χ2n) is 8.19. The fraction of sp³-hybridized carbons (Fsp3) is 0.200. The number of hydrazone groups is 1. The third kappa shape index (κ3) is 6.46. The predicted octanol–water partition coefficient (Wildman–Crippen LogP) is 3.43. The number of halogens is 1. The maximum absolute atomic E-state index is 13.4. The van der Waals surface area contributed by atoms with Crippen molar-refractivity contribution in [3.05, 3.63) is 93.5 Å². The molecule has 1 heterocycles. The number of morpholine rings is 1. The topological polar surface area (TPSA) is 134 Å². The van der Waals surface area contributed by atoms with Gasteiger partial charge in [0, 0.05) is 41.5 Å². The molecule has 13 heteroatoms. The molecule has 3 aromatic carbocycles. The van der Waals surface area contributed by atoms with Crippen molar-refractivity contribution in [3.63, 3.8) is 0 Å². The van der Waals surface area contributed by atoms with Crippen molar-refractivity contribution in [2.75, 3.05) is 42.1 Å². The molecule has 198 valence electrons. The van der Waals surface area contributed by atoms with E-state index in [9.17, 15) is 23.3 Å². The molecule has 0 spiro atoms. The van der Waals surface area contributed by atoms with Gasteiger partial charge in [0.2, 0.25) is 0 Å². The lowest BCUT2D eigenvalue weighted by Gasteiger charge is -2.29. The van der Waals surface area contributed by atoms with Gasteiger partial charge in [0.25, 0.3) is 21.6 Å². The van der Waals surface area contributed by atoms with E-state index in [1.54, 1.807) is 24.3 Å². The SMILES string of the molecule is O=C(CN(c1ccc(Cl)cc1)S(=O)(=O)c1ccccc1)N/N=C\c1cc([N+](=O)[O-])ccc1N1CCOCC1. The summed E-state index contributed by atoms with van der Waals surface area (Å²) in [6, 6.07) is 18.2. The van der Waals surface area contributed by atoms with Gasteiger partial charge in [0.15, 0.2) is 0 Å². The molecule has 4 rings (SSSR count). The number of nitrogens with one attached hydrogen (secondary N) is 1. The lowest BCUT2D eigenvalue weighted by Crippen LogP contribution is -2.39. The molecule has 0 radical (unpaired) electrons. The van der Waals surface area contributed by atoms with Gasteiger partial charge in [-0.05, 0) is 42.5 Å². The zero-order valence-corrected chi connectivity index (χ0v) is 21.6. The number of nitrogens with zero attached hydrogens (tertiary/aromatic N) is 4. The first-order chi connectivity index (χ1) is 18.3. The number of hydrogen-bond donors (Lipinski definition) is 1. The minimum Gasteiger partial charge on any atom is -0.378 e. The second-order valence-corrected chi connectivity index (χ2v) is 10.5. The number of ether oxygens (including phenoxy) is 1. The van der Waals surface area contributed by atoms with Crippen molar-refractivity contribution >= 4 is 50.8 Å². The quantitative estimate of drug-likeness (QED) is 0.242. The van der Waals surface area contributed by atoms with E-state index in [0.717, 1.165) is 4.31 Å². The molecule has 1 saturated heterocycles. The summed E-state index contributed by atoms with van der Waals surface area (Å²) in [5.74, 6) is -0.714. The molecule has 0 atom stereocenters. The van der Waals surface area contributed by atoms with E-state index in [1.807, 2.05) is 4.90 Å². The molecule has 0 aromatic heterocycles. The standard InChI is InChI=1S/C25H24ClN5O6S/c26-20-6-8-21(9-7-20)30(38(35,36)23-4-2-1-3-5-23)18-25(32)28-27-17-19-16-22(31(33)34)10-11-24(19)29-12-14-37-15-13-29/h1-11,16-17H,12-15,18H2,(H,28,32)/b27-17-. The highest BCUT2D eigenvalue weighted by Crippen LogP contribution is 2.26. The first-order valence-electron chi connectivity index (χ1n) is 11.5. The van der Waals surface area contributed by atoms with Crippen molar-refractivity contribution in [2.24, 2.45) is 5.10 Å². The van der Waals surface area contributed by atoms with Crippen LogP contribution in [0, 0.1) is 10.1 Å². The lowest BCUT2D eigenvalue weighted by atomic mass is 10.1. The number of carbonyl (C=O) groups is 1. The number of amides is 1. The Labute approximate surface area is 224 Å². The molecule has 0 unspecified atom stereocenters. The van der Waals surface area contributed by atoms with Crippen LogP contribution in [0.15, 0.2) is 82.8 Å². The Morgan fingerprint density at radius 3 is 2.45 bits per heavy atom. The number of non-ortho nitro benzene ring substituents is 1. The summed E-state index contributed by atoms with van der Waals surface area (Å²) in [6.45, 7) is 1.65. The van der Waals surface area contributed by atoms with Gasteiger partial charge in [-0.25, -0.2) is 13.8 Å². The van der Waals surface area contributed by atoms with Crippen molar-refractivity contribution in [1.82, 2.24) is 5.43 Å². The molecule has 11 nitrogen and oxygen atoms in total. The average Bonchev–Trinajstić information content (AvgIpc) is 2.93. The molecular formula is C25H24ClN5O6S. The predicted molar refractivity (Wildman–Crippen MR) is 144 cm³/mol. The molecule has 1 aliphatic heterocycles. The molecule has 0 aliphatic carbocycles. The second kappa shape index (κ2) is 12.0. The van der Waals surface area contributed by atoms with Crippen molar-refractivity contribution in [2.45, 2.75) is 4.90 Å². The number of carbonyl (C=O) groups excluding carboxylic acids is 1. The number of sulfonamides is 1. The number of nitro benzene ring substituents is 1. The summed E-state index contributed by atoms with van der Waals surface area (Å²) in [5, 5.41) is 15.7. The van der Waals surface area contributed by atoms with E-state index in [-0.39, 0.29) is 16.3 Å². The molecule has 0 bridgehead atoms. The molecule has 1 amide bonds. The molecule has 0 saturated carbocycles. The summed E-state index contributed by atoms with van der Waals surface area (Å²) in [7, 11) is -4.09. The van der Waals surface area contributed by atoms with Gasteiger partial charge in [-0.1, -0.05) is 29.8 Å². The van der Waals surface area contributed by atoms with Gasteiger partial charge < -0.3 is 9.64 Å². The van der Waals surface area contributed by atoms with Crippen LogP contribution in [0.5, 0.6) is 0 Å². The molecule has 38 heavy (non-hydrogen) atoms. The number of hydrogen-bond acceptors (Lipinski definition) is 8. The van der Waals surface area contributed by atoms with Gasteiger partial charge >= 0.3 is 0 Å². The van der Waals surface area contributed by atoms with Crippen LogP contribution in [0.3, 0.4) is 0 Å². The number of rotatable bonds is 9. The van der Waals surface area contributed by atoms with Crippen LogP contribution >= 0.6 is 11.6 Å². The molecule has 1 N–H and O–H groups in total. The smallest absolute Gasteiger partial charge is 0.270 e. The zero-order valence-electron chi connectivity index (χ0n) is 20.1. The van der Waals surface area contributed by atoms with Crippen LogP contribution < -0.4 is 14.6 Å². The number of anilines is 2. The van der Waals surface area contributed by atoms with Gasteiger partial charge in [0.1, 0.15) is 6.54 Å². The van der Waals surface area contributed by atoms with E-state index in [4.69, 9.17) is 16.3 Å². The van der Waals surface area contributed by atoms with E-state index >= 15 is 0 Å². The summed E-state index contributed by atoms with van der Waals surface area (Å²) in [5.41, 5.74) is 3.57. The fourth-order valence-electron chi connectivity index (χ4n) is 3.83. The Hall–Kier alpha value is -4.00. The average molecular weight is 558 g/mol. The first-order valence-corrected chi connectivity index (χ1v) is 13.3. The summed E-state index contributed by atoms with van der Waals surface area (Å²) in [6.07, 6.45) is 1.30. The van der Waals surface area contributed by atoms with E-state index < -0.39 is 27.4 Å². The Balaban J connectivity index is 1.56. The summed E-state index contributed by atoms with van der Waals surface area (Å²) in [4.78, 5) is 25.6. The molecule has 1 fully saturated rings. The van der Waals surface area contributed by atoms with Gasteiger partial charge in [-0.15, -0.1) is 0 Å². The Morgan fingerprint density at radius 1 is 1.11 bits per heavy atom. The van der Waals surface area contributed by atoms with Gasteiger partial charge in [-0.2, -0.15) is 5.10 Å². The highest BCUT2D eigenvalue weighted by molar-refractivity contribution is 7.92. The largest absolute Gasteiger partial charge is 0.378 e. The van der Waals surface area contributed by atoms with Crippen LogP contribution in [0.1, 0.15) is 5.56 Å². The van der Waals surface area contributed by atoms with Crippen LogP contribution in [0.2, 0.25) is 5.02 Å². The van der Waals surface area contributed by atoms with Crippen molar-refractivity contribution in [1.29, 1.82) is 0 Å². The Kier molecular flexibility index (Phi) is 8.56. The Bertz CT molecular complexity index is 1430. The molecule has 3 aromatic rings. The highest BCUT2D eigenvalue weighted by atomic mass is 35.5. The third-order valence-electron chi connectivity index (χ3n) is 5.70. The van der Waals surface area contributed by atoms with E-state index in [1.165, 1.54) is 54.7 Å². The first kappa shape index (κ1) is 27.0. The molecule has 1 aliphatic rings. The normalized spacial score (nSPS) is 13.9. The lowest BCUT2D eigenvalue weighted by molar-refractivity contribution is -0.384. The summed E-state index contributed by atoms with van der Waals surface area (Å²) >= 11 is 5.96. The Morgan fingerprint density at radius 2 is 1.79 bits per heavy atom. The van der Waals surface area contributed by atoms with Crippen LogP contribution in [-0.4, -0.2) is 58.3 Å². The van der Waals surface area contributed by atoms with Crippen LogP contribution in [0.25, 0.3) is 0 Å². The minimum atomic E-state index is -4.09. The summed E-state index contributed by atoms with van der Waals surface area (Å²) < 4.78 is 33.1. The maximum Gasteiger partial charge on any atom is 0.270 e. The van der Waals surface area contributed by atoms with Crippen LogP contribution in [0.4, 0.5) is 17.1 Å². The maximum atomic E-state index is 13.4. The van der Waals surface area contributed by atoms with Crippen molar-refractivity contribution < 1.29 is 22.9 Å². The zero-order chi connectivity index (χ0) is 27.1. The monoisotopic (exact) mass is 557 g/mol. The van der Waals surface area contributed by atoms with Crippen molar-refractivity contribution in [3.8, 4) is 0 Å². The van der Waals surface area contributed by atoms with Crippen LogP contribution in [-0.2, 0) is 19.6 Å². The minimum absolute atomic E-state index is 0.0120. The number of benzene rings is 3. The van der Waals surface area contributed by atoms with E-state index in [2.05, 4.69) is 10.5 Å². The highest BCUT2D eigenvalue weighted by Gasteiger charge is 2.27. The van der Waals surface area contributed by atoms with Gasteiger partial charge in [0.05, 0.1) is 34.9 Å². The molecular weight excluding hydrogens is 534 g/mol. The van der Waals surface area contributed by atoms with Gasteiger partial charge in [-0.3, -0.25) is 19.2 Å². The third-order valence-corrected chi connectivity index (χ3v) is 7.74. The fourth-order valence-corrected chi connectivity index (χ4v) is 5.40. The van der Waals surface area contributed by atoms with E-state index in [0.29, 0.717) is 42.6 Å². The number of nitro groups is 1.